The minimum Gasteiger partial charge on any atom is -0.451 e. The van der Waals surface area contributed by atoms with Crippen LogP contribution in [0.1, 0.15) is 21.7 Å². The van der Waals surface area contributed by atoms with E-state index in [0.29, 0.717) is 22.9 Å². The van der Waals surface area contributed by atoms with Gasteiger partial charge in [0.25, 0.3) is 5.91 Å². The lowest BCUT2D eigenvalue weighted by molar-refractivity contribution is 0.0754. The lowest BCUT2D eigenvalue weighted by atomic mass is 10.1. The van der Waals surface area contributed by atoms with Crippen LogP contribution in [0.4, 0.5) is 0 Å². The highest BCUT2D eigenvalue weighted by Crippen LogP contribution is 2.29. The number of hydrogen-bond acceptors (Lipinski definition) is 3. The average Bonchev–Trinajstić information content (AvgIpc) is 3.11. The zero-order valence-corrected chi connectivity index (χ0v) is 14.3. The van der Waals surface area contributed by atoms with Crippen molar-refractivity contribution in [3.8, 4) is 17.4 Å². The summed E-state index contributed by atoms with van der Waals surface area (Å²) in [5, 5.41) is 9.53. The summed E-state index contributed by atoms with van der Waals surface area (Å²) < 4.78 is 5.69. The summed E-state index contributed by atoms with van der Waals surface area (Å²) in [6.45, 7) is 0.385. The summed E-state index contributed by atoms with van der Waals surface area (Å²) in [4.78, 5) is 14.1. The lowest BCUT2D eigenvalue weighted by Crippen LogP contribution is -2.25. The topological polar surface area (TPSA) is 57.2 Å². The van der Waals surface area contributed by atoms with Gasteiger partial charge in [-0.1, -0.05) is 35.9 Å². The van der Waals surface area contributed by atoms with E-state index in [1.165, 1.54) is 0 Å². The maximum Gasteiger partial charge on any atom is 0.289 e. The maximum atomic E-state index is 12.6. The third kappa shape index (κ3) is 3.73. The number of nitrogens with zero attached hydrogens (tertiary/aromatic N) is 2. The molecule has 5 heteroatoms. The van der Waals surface area contributed by atoms with Crippen LogP contribution in [0.15, 0.2) is 65.1 Å². The zero-order valence-electron chi connectivity index (χ0n) is 13.6. The molecule has 3 rings (SSSR count). The molecule has 2 aromatic carbocycles. The molecular weight excluding hydrogens is 336 g/mol. The second kappa shape index (κ2) is 7.25. The molecule has 1 heterocycles. The molecule has 124 valence electrons. The second-order valence-electron chi connectivity index (χ2n) is 5.62. The molecule has 0 aliphatic heterocycles. The molecule has 4 nitrogen and oxygen atoms in total. The van der Waals surface area contributed by atoms with Crippen molar-refractivity contribution in [1.82, 2.24) is 4.90 Å². The first-order chi connectivity index (χ1) is 12.1. The van der Waals surface area contributed by atoms with Crippen LogP contribution in [-0.2, 0) is 6.54 Å². The highest BCUT2D eigenvalue weighted by molar-refractivity contribution is 6.33. The summed E-state index contributed by atoms with van der Waals surface area (Å²) in [5.41, 5.74) is 2.19. The van der Waals surface area contributed by atoms with Crippen molar-refractivity contribution in [3.05, 3.63) is 82.6 Å². The van der Waals surface area contributed by atoms with Gasteiger partial charge >= 0.3 is 0 Å². The fourth-order valence-electron chi connectivity index (χ4n) is 2.53. The lowest BCUT2D eigenvalue weighted by Gasteiger charge is -2.16. The summed E-state index contributed by atoms with van der Waals surface area (Å²) in [6, 6.07) is 20.0. The van der Waals surface area contributed by atoms with Gasteiger partial charge in [-0.15, -0.1) is 0 Å². The molecule has 0 N–H and O–H groups in total. The normalized spacial score (nSPS) is 10.3. The Labute approximate surface area is 150 Å². The monoisotopic (exact) mass is 350 g/mol. The Bertz CT molecular complexity index is 956. The largest absolute Gasteiger partial charge is 0.451 e. The summed E-state index contributed by atoms with van der Waals surface area (Å²) in [7, 11) is 1.69. The Morgan fingerprint density at radius 2 is 1.96 bits per heavy atom. The third-order valence-electron chi connectivity index (χ3n) is 3.78. The van der Waals surface area contributed by atoms with Gasteiger partial charge in [0, 0.05) is 19.2 Å². The van der Waals surface area contributed by atoms with Crippen LogP contribution < -0.4 is 0 Å². The molecule has 1 aromatic heterocycles. The van der Waals surface area contributed by atoms with Crippen molar-refractivity contribution in [2.45, 2.75) is 6.54 Å². The van der Waals surface area contributed by atoms with E-state index in [9.17, 15) is 4.79 Å². The molecule has 0 radical (unpaired) electrons. The standard InChI is InChI=1S/C20H15ClN2O2/c1-23(13-15-6-4-5-14(11-15)12-22)20(24)19-10-9-18(25-19)16-7-2-3-8-17(16)21/h2-11H,13H2,1H3. The van der Waals surface area contributed by atoms with Crippen molar-refractivity contribution in [1.29, 1.82) is 5.26 Å². The second-order valence-corrected chi connectivity index (χ2v) is 6.02. The first kappa shape index (κ1) is 16.8. The van der Waals surface area contributed by atoms with Gasteiger partial charge in [0.05, 0.1) is 16.7 Å². The predicted molar refractivity (Wildman–Crippen MR) is 96.1 cm³/mol. The van der Waals surface area contributed by atoms with Crippen LogP contribution in [0.2, 0.25) is 5.02 Å². The van der Waals surface area contributed by atoms with Crippen LogP contribution in [0.3, 0.4) is 0 Å². The molecule has 3 aromatic rings. The zero-order chi connectivity index (χ0) is 17.8. The molecule has 0 fully saturated rings. The molecule has 0 aliphatic carbocycles. The first-order valence-corrected chi connectivity index (χ1v) is 8.05. The number of halogens is 1. The molecule has 0 unspecified atom stereocenters. The van der Waals surface area contributed by atoms with Gasteiger partial charge in [-0.3, -0.25) is 4.79 Å². The molecule has 0 spiro atoms. The van der Waals surface area contributed by atoms with Gasteiger partial charge in [0.2, 0.25) is 0 Å². The van der Waals surface area contributed by atoms with Crippen molar-refractivity contribution >= 4 is 17.5 Å². The Morgan fingerprint density at radius 1 is 1.16 bits per heavy atom. The number of nitriles is 1. The smallest absolute Gasteiger partial charge is 0.289 e. The molecule has 1 amide bonds. The van der Waals surface area contributed by atoms with Gasteiger partial charge < -0.3 is 9.32 Å². The molecule has 25 heavy (non-hydrogen) atoms. The van der Waals surface area contributed by atoms with Gasteiger partial charge in [-0.2, -0.15) is 5.26 Å². The van der Waals surface area contributed by atoms with Crippen LogP contribution in [-0.4, -0.2) is 17.9 Å². The quantitative estimate of drug-likeness (QED) is 0.682. The molecule has 0 saturated carbocycles. The Balaban J connectivity index is 1.77. The van der Waals surface area contributed by atoms with E-state index in [1.807, 2.05) is 24.3 Å². The van der Waals surface area contributed by atoms with Crippen molar-refractivity contribution < 1.29 is 9.21 Å². The third-order valence-corrected chi connectivity index (χ3v) is 4.11. The van der Waals surface area contributed by atoms with E-state index >= 15 is 0 Å². The van der Waals surface area contributed by atoms with E-state index < -0.39 is 0 Å². The summed E-state index contributed by atoms with van der Waals surface area (Å²) in [6.07, 6.45) is 0. The van der Waals surface area contributed by atoms with E-state index in [4.69, 9.17) is 21.3 Å². The number of carbonyl (C=O) groups excluding carboxylic acids is 1. The Kier molecular flexibility index (Phi) is 4.87. The molecule has 0 atom stereocenters. The number of benzene rings is 2. The Morgan fingerprint density at radius 3 is 2.72 bits per heavy atom. The van der Waals surface area contributed by atoms with E-state index in [0.717, 1.165) is 11.1 Å². The number of amides is 1. The fourth-order valence-corrected chi connectivity index (χ4v) is 2.76. The number of carbonyl (C=O) groups is 1. The highest BCUT2D eigenvalue weighted by atomic mass is 35.5. The fraction of sp³-hybridized carbons (Fsp3) is 0.100. The number of rotatable bonds is 4. The van der Waals surface area contributed by atoms with E-state index in [2.05, 4.69) is 6.07 Å². The van der Waals surface area contributed by atoms with Gasteiger partial charge in [0.1, 0.15) is 5.76 Å². The van der Waals surface area contributed by atoms with Crippen molar-refractivity contribution in [2.75, 3.05) is 7.05 Å². The molecule has 0 saturated heterocycles. The maximum absolute atomic E-state index is 12.6. The predicted octanol–water partition coefficient (Wildman–Crippen LogP) is 4.74. The van der Waals surface area contributed by atoms with Gasteiger partial charge in [-0.25, -0.2) is 0 Å². The number of furan rings is 1. The molecule has 0 aliphatic rings. The molecular formula is C20H15ClN2O2. The highest BCUT2D eigenvalue weighted by Gasteiger charge is 2.17. The number of hydrogen-bond donors (Lipinski definition) is 0. The minimum atomic E-state index is -0.235. The van der Waals surface area contributed by atoms with Crippen LogP contribution in [0.25, 0.3) is 11.3 Å². The molecule has 0 bridgehead atoms. The van der Waals surface area contributed by atoms with Gasteiger partial charge in [0.15, 0.2) is 5.76 Å². The van der Waals surface area contributed by atoms with Crippen molar-refractivity contribution in [2.24, 2.45) is 0 Å². The Hall–Kier alpha value is -3.03. The first-order valence-electron chi connectivity index (χ1n) is 7.67. The van der Waals surface area contributed by atoms with Crippen LogP contribution in [0.5, 0.6) is 0 Å². The summed E-state index contributed by atoms with van der Waals surface area (Å²) >= 11 is 6.16. The minimum absolute atomic E-state index is 0.235. The van der Waals surface area contributed by atoms with E-state index in [1.54, 1.807) is 48.3 Å². The van der Waals surface area contributed by atoms with Crippen LogP contribution in [0, 0.1) is 11.3 Å². The van der Waals surface area contributed by atoms with Crippen molar-refractivity contribution in [3.63, 3.8) is 0 Å². The summed E-state index contributed by atoms with van der Waals surface area (Å²) in [5.74, 6) is 0.559. The van der Waals surface area contributed by atoms with E-state index in [-0.39, 0.29) is 11.7 Å². The van der Waals surface area contributed by atoms with Gasteiger partial charge in [-0.05, 0) is 42.0 Å². The average molecular weight is 351 g/mol. The SMILES string of the molecule is CN(Cc1cccc(C#N)c1)C(=O)c1ccc(-c2ccccc2Cl)o1. The van der Waals surface area contributed by atoms with Crippen LogP contribution >= 0.6 is 11.6 Å².